The Hall–Kier alpha value is -2.00. The van der Waals surface area contributed by atoms with Gasteiger partial charge in [0.15, 0.2) is 0 Å². The number of fused-ring (bicyclic) bond motifs is 1. The molecule has 2 aromatic carbocycles. The summed E-state index contributed by atoms with van der Waals surface area (Å²) in [6.07, 6.45) is 2.00. The average molecular weight is 289 g/mol. The van der Waals surface area contributed by atoms with E-state index in [1.54, 1.807) is 12.1 Å². The number of carboxylic acids is 1. The van der Waals surface area contributed by atoms with E-state index >= 15 is 0 Å². The maximum atomic E-state index is 11.2. The second kappa shape index (κ2) is 5.17. The molecule has 4 heteroatoms. The summed E-state index contributed by atoms with van der Waals surface area (Å²) in [5.74, 6) is -0.167. The van der Waals surface area contributed by atoms with Crippen LogP contribution >= 0.6 is 11.6 Å². The quantitative estimate of drug-likeness (QED) is 0.907. The molecule has 2 aromatic rings. The number of rotatable bonds is 2. The number of aryl methyl sites for hydroxylation is 1. The van der Waals surface area contributed by atoms with Gasteiger partial charge in [-0.25, -0.2) is 4.79 Å². The van der Waals surface area contributed by atoms with Gasteiger partial charge in [-0.1, -0.05) is 35.9 Å². The van der Waals surface area contributed by atoms with Crippen molar-refractivity contribution in [3.63, 3.8) is 0 Å². The molecule has 0 fully saturated rings. The molecule has 0 atom stereocenters. The summed E-state index contributed by atoms with van der Waals surface area (Å²) in [6.45, 7) is 0.698. The van der Waals surface area contributed by atoms with Crippen molar-refractivity contribution in [2.45, 2.75) is 12.8 Å². The number of carboxylic acid groups (broad SMARTS) is 1. The van der Waals surface area contributed by atoms with Gasteiger partial charge in [0, 0.05) is 5.56 Å². The van der Waals surface area contributed by atoms with E-state index in [0.29, 0.717) is 6.61 Å². The molecule has 1 N–H and O–H groups in total. The zero-order valence-electron chi connectivity index (χ0n) is 10.7. The zero-order chi connectivity index (χ0) is 14.1. The molecular formula is C16H13ClO3. The van der Waals surface area contributed by atoms with Gasteiger partial charge in [0.2, 0.25) is 0 Å². The second-order valence-electron chi connectivity index (χ2n) is 4.75. The number of carbonyl (C=O) groups is 1. The molecule has 0 amide bonds. The molecule has 0 radical (unpaired) electrons. The van der Waals surface area contributed by atoms with Gasteiger partial charge in [0.05, 0.1) is 17.2 Å². The highest BCUT2D eigenvalue weighted by Crippen LogP contribution is 2.37. The summed E-state index contributed by atoms with van der Waals surface area (Å²) in [4.78, 5) is 11.2. The Bertz CT molecular complexity index is 679. The maximum absolute atomic E-state index is 11.2. The molecule has 1 aliphatic rings. The summed E-state index contributed by atoms with van der Waals surface area (Å²) in [7, 11) is 0. The Morgan fingerprint density at radius 1 is 1.25 bits per heavy atom. The van der Waals surface area contributed by atoms with Gasteiger partial charge in [-0.3, -0.25) is 0 Å². The number of para-hydroxylation sites is 1. The third kappa shape index (κ3) is 2.25. The van der Waals surface area contributed by atoms with E-state index in [4.69, 9.17) is 21.4 Å². The Balaban J connectivity index is 2.14. The van der Waals surface area contributed by atoms with Crippen molar-refractivity contribution in [2.24, 2.45) is 0 Å². The van der Waals surface area contributed by atoms with Crippen LogP contribution < -0.4 is 4.74 Å². The molecule has 0 bridgehead atoms. The maximum Gasteiger partial charge on any atom is 0.337 e. The normalized spacial score (nSPS) is 13.4. The molecule has 0 aliphatic carbocycles. The SMILES string of the molecule is O=C(O)c1cc(-c2cccc3c2OCCC3)ccc1Cl. The van der Waals surface area contributed by atoms with Crippen molar-refractivity contribution < 1.29 is 14.6 Å². The molecule has 0 saturated heterocycles. The Morgan fingerprint density at radius 2 is 2.10 bits per heavy atom. The molecule has 3 rings (SSSR count). The minimum atomic E-state index is -1.03. The van der Waals surface area contributed by atoms with Crippen LogP contribution in [0.4, 0.5) is 0 Å². The van der Waals surface area contributed by atoms with E-state index in [0.717, 1.165) is 29.7 Å². The monoisotopic (exact) mass is 288 g/mol. The highest BCUT2D eigenvalue weighted by molar-refractivity contribution is 6.33. The lowest BCUT2D eigenvalue weighted by Crippen LogP contribution is -2.09. The van der Waals surface area contributed by atoms with E-state index in [1.807, 2.05) is 24.3 Å². The molecule has 1 aliphatic heterocycles. The molecule has 0 saturated carbocycles. The third-order valence-electron chi connectivity index (χ3n) is 3.44. The van der Waals surface area contributed by atoms with E-state index < -0.39 is 5.97 Å². The number of ether oxygens (including phenoxy) is 1. The standard InChI is InChI=1S/C16H13ClO3/c17-14-7-6-11(9-13(14)16(18)19)12-5-1-3-10-4-2-8-20-15(10)12/h1,3,5-7,9H,2,4,8H2,(H,18,19). The van der Waals surface area contributed by atoms with Gasteiger partial charge in [-0.15, -0.1) is 0 Å². The lowest BCUT2D eigenvalue weighted by Gasteiger charge is -2.20. The summed E-state index contributed by atoms with van der Waals surface area (Å²) in [5, 5.41) is 9.40. The minimum absolute atomic E-state index is 0.109. The zero-order valence-corrected chi connectivity index (χ0v) is 11.5. The molecular weight excluding hydrogens is 276 g/mol. The molecule has 3 nitrogen and oxygen atoms in total. The first kappa shape index (κ1) is 13.0. The fourth-order valence-electron chi connectivity index (χ4n) is 2.47. The lowest BCUT2D eigenvalue weighted by atomic mass is 9.96. The van der Waals surface area contributed by atoms with Crippen LogP contribution in [0.25, 0.3) is 11.1 Å². The Morgan fingerprint density at radius 3 is 2.90 bits per heavy atom. The van der Waals surface area contributed by atoms with Gasteiger partial charge in [-0.2, -0.15) is 0 Å². The summed E-state index contributed by atoms with van der Waals surface area (Å²) < 4.78 is 5.76. The van der Waals surface area contributed by atoms with Crippen LogP contribution in [0.15, 0.2) is 36.4 Å². The van der Waals surface area contributed by atoms with Crippen molar-refractivity contribution in [1.82, 2.24) is 0 Å². The highest BCUT2D eigenvalue weighted by Gasteiger charge is 2.17. The van der Waals surface area contributed by atoms with Crippen LogP contribution in [0.5, 0.6) is 5.75 Å². The first-order valence-electron chi connectivity index (χ1n) is 6.45. The topological polar surface area (TPSA) is 46.5 Å². The van der Waals surface area contributed by atoms with Crippen LogP contribution in [0, 0.1) is 0 Å². The van der Waals surface area contributed by atoms with E-state index in [1.165, 1.54) is 5.56 Å². The van der Waals surface area contributed by atoms with Crippen LogP contribution in [0.2, 0.25) is 5.02 Å². The Labute approximate surface area is 121 Å². The third-order valence-corrected chi connectivity index (χ3v) is 3.77. The van der Waals surface area contributed by atoms with Crippen molar-refractivity contribution in [3.05, 3.63) is 52.5 Å². The highest BCUT2D eigenvalue weighted by atomic mass is 35.5. The summed E-state index contributed by atoms with van der Waals surface area (Å²) in [6, 6.07) is 11.0. The van der Waals surface area contributed by atoms with Gasteiger partial charge < -0.3 is 9.84 Å². The molecule has 0 spiro atoms. The van der Waals surface area contributed by atoms with Crippen molar-refractivity contribution in [2.75, 3.05) is 6.61 Å². The van der Waals surface area contributed by atoms with Gasteiger partial charge >= 0.3 is 5.97 Å². The summed E-state index contributed by atoms with van der Waals surface area (Å²) >= 11 is 5.91. The average Bonchev–Trinajstić information content (AvgIpc) is 2.47. The molecule has 102 valence electrons. The largest absolute Gasteiger partial charge is 0.493 e. The van der Waals surface area contributed by atoms with E-state index in [2.05, 4.69) is 0 Å². The van der Waals surface area contributed by atoms with Crippen molar-refractivity contribution in [3.8, 4) is 16.9 Å². The second-order valence-corrected chi connectivity index (χ2v) is 5.15. The minimum Gasteiger partial charge on any atom is -0.493 e. The van der Waals surface area contributed by atoms with E-state index in [-0.39, 0.29) is 10.6 Å². The first-order valence-corrected chi connectivity index (χ1v) is 6.82. The number of hydrogen-bond acceptors (Lipinski definition) is 2. The van der Waals surface area contributed by atoms with Crippen LogP contribution in [-0.2, 0) is 6.42 Å². The van der Waals surface area contributed by atoms with Crippen LogP contribution in [0.1, 0.15) is 22.3 Å². The Kier molecular flexibility index (Phi) is 3.36. The van der Waals surface area contributed by atoms with Crippen molar-refractivity contribution >= 4 is 17.6 Å². The predicted octanol–water partition coefficient (Wildman–Crippen LogP) is 4.03. The molecule has 0 unspecified atom stereocenters. The van der Waals surface area contributed by atoms with Crippen LogP contribution in [-0.4, -0.2) is 17.7 Å². The van der Waals surface area contributed by atoms with Crippen LogP contribution in [0.3, 0.4) is 0 Å². The summed E-state index contributed by atoms with van der Waals surface area (Å²) in [5.41, 5.74) is 3.00. The van der Waals surface area contributed by atoms with Gasteiger partial charge in [0.1, 0.15) is 5.75 Å². The number of aromatic carboxylic acids is 1. The molecule has 1 heterocycles. The lowest BCUT2D eigenvalue weighted by molar-refractivity contribution is 0.0697. The van der Waals surface area contributed by atoms with Gasteiger partial charge in [-0.05, 0) is 36.1 Å². The first-order chi connectivity index (χ1) is 9.66. The van der Waals surface area contributed by atoms with Gasteiger partial charge in [0.25, 0.3) is 0 Å². The molecule has 20 heavy (non-hydrogen) atoms. The fourth-order valence-corrected chi connectivity index (χ4v) is 2.67. The predicted molar refractivity (Wildman–Crippen MR) is 77.7 cm³/mol. The fraction of sp³-hybridized carbons (Fsp3) is 0.188. The number of hydrogen-bond donors (Lipinski definition) is 1. The van der Waals surface area contributed by atoms with Crippen molar-refractivity contribution in [1.29, 1.82) is 0 Å². The molecule has 0 aromatic heterocycles. The number of halogens is 1. The number of benzene rings is 2. The smallest absolute Gasteiger partial charge is 0.337 e. The van der Waals surface area contributed by atoms with E-state index in [9.17, 15) is 4.79 Å².